The van der Waals surface area contributed by atoms with Gasteiger partial charge in [0.05, 0.1) is 12.1 Å². The molecule has 0 spiro atoms. The van der Waals surface area contributed by atoms with Crippen LogP contribution >= 0.6 is 0 Å². The number of piperazine rings is 1. The first-order valence-electron chi connectivity index (χ1n) is 13.3. The molecule has 0 saturated carbocycles. The molecular weight excluding hydrogens is 512 g/mol. The number of likely N-dealkylation sites (N-methyl/N-ethyl adjacent to an activating group) is 1. The number of hydrogen-bond acceptors (Lipinski definition) is 7. The van der Waals surface area contributed by atoms with Crippen molar-refractivity contribution in [1.82, 2.24) is 10.2 Å². The lowest BCUT2D eigenvalue weighted by atomic mass is 10.0. The molecule has 2 aromatic rings. The standard InChI is InChI=1S/C30H40N4O6/c1-29(2,3)39-27(37)21-10-12-22(13-11-21)31-26(36)24(32-28(38)40-30(4,5)6)18-20-8-14-23(15-9-20)34-17-16-33(7)19-25(34)35/h8-15,24H,16-19H2,1-7H3,(H,31,36)(H,32,38). The van der Waals surface area contributed by atoms with Gasteiger partial charge in [-0.1, -0.05) is 12.1 Å². The summed E-state index contributed by atoms with van der Waals surface area (Å²) in [6.07, 6.45) is -0.523. The number of rotatable bonds is 7. The third kappa shape index (κ3) is 9.37. The highest BCUT2D eigenvalue weighted by molar-refractivity contribution is 5.98. The number of esters is 1. The average molecular weight is 553 g/mol. The van der Waals surface area contributed by atoms with Crippen LogP contribution in [0.3, 0.4) is 0 Å². The topological polar surface area (TPSA) is 117 Å². The lowest BCUT2D eigenvalue weighted by Crippen LogP contribution is -2.49. The van der Waals surface area contributed by atoms with Crippen LogP contribution < -0.4 is 15.5 Å². The molecule has 2 N–H and O–H groups in total. The van der Waals surface area contributed by atoms with Crippen LogP contribution in [-0.4, -0.2) is 72.7 Å². The van der Waals surface area contributed by atoms with Gasteiger partial charge in [0.1, 0.15) is 17.2 Å². The molecule has 0 radical (unpaired) electrons. The predicted molar refractivity (Wildman–Crippen MR) is 153 cm³/mol. The summed E-state index contributed by atoms with van der Waals surface area (Å²) in [6, 6.07) is 12.8. The van der Waals surface area contributed by atoms with Gasteiger partial charge < -0.3 is 25.0 Å². The van der Waals surface area contributed by atoms with E-state index in [1.807, 2.05) is 36.2 Å². The Balaban J connectivity index is 1.73. The van der Waals surface area contributed by atoms with Crippen LogP contribution in [0.4, 0.5) is 16.2 Å². The van der Waals surface area contributed by atoms with E-state index in [9.17, 15) is 19.2 Å². The summed E-state index contributed by atoms with van der Waals surface area (Å²) in [5.74, 6) is -0.881. The molecule has 0 bridgehead atoms. The van der Waals surface area contributed by atoms with Crippen LogP contribution in [0.1, 0.15) is 57.5 Å². The summed E-state index contributed by atoms with van der Waals surface area (Å²) in [5.41, 5.74) is 1.03. The fourth-order valence-electron chi connectivity index (χ4n) is 4.03. The molecule has 1 aliphatic heterocycles. The zero-order chi connectivity index (χ0) is 29.7. The number of amides is 3. The molecule has 0 aromatic heterocycles. The Kier molecular flexibility index (Phi) is 9.57. The fourth-order valence-corrected chi connectivity index (χ4v) is 4.03. The Morgan fingerprint density at radius 2 is 1.48 bits per heavy atom. The number of anilines is 2. The number of ether oxygens (including phenoxy) is 2. The van der Waals surface area contributed by atoms with Crippen molar-refractivity contribution in [1.29, 1.82) is 0 Å². The van der Waals surface area contributed by atoms with Crippen molar-refractivity contribution in [2.75, 3.05) is 36.9 Å². The van der Waals surface area contributed by atoms with E-state index in [0.29, 0.717) is 24.3 Å². The second-order valence-corrected chi connectivity index (χ2v) is 11.9. The molecule has 10 heteroatoms. The van der Waals surface area contributed by atoms with Gasteiger partial charge in [0.25, 0.3) is 0 Å². The van der Waals surface area contributed by atoms with Gasteiger partial charge in [0, 0.05) is 30.9 Å². The van der Waals surface area contributed by atoms with Gasteiger partial charge in [-0.25, -0.2) is 9.59 Å². The Morgan fingerprint density at radius 1 is 0.875 bits per heavy atom. The van der Waals surface area contributed by atoms with Crippen molar-refractivity contribution in [3.05, 3.63) is 59.7 Å². The normalized spacial score (nSPS) is 15.3. The summed E-state index contributed by atoms with van der Waals surface area (Å²) in [4.78, 5) is 54.3. The van der Waals surface area contributed by atoms with Gasteiger partial charge in [0.15, 0.2) is 0 Å². The van der Waals surface area contributed by atoms with Crippen molar-refractivity contribution < 1.29 is 28.7 Å². The molecule has 1 unspecified atom stereocenters. The van der Waals surface area contributed by atoms with Crippen LogP contribution in [0.25, 0.3) is 0 Å². The van der Waals surface area contributed by atoms with Gasteiger partial charge >= 0.3 is 12.1 Å². The number of hydrogen-bond donors (Lipinski definition) is 2. The van der Waals surface area contributed by atoms with Gasteiger partial charge in [-0.2, -0.15) is 0 Å². The van der Waals surface area contributed by atoms with Crippen LogP contribution in [0, 0.1) is 0 Å². The lowest BCUT2D eigenvalue weighted by Gasteiger charge is -2.32. The number of nitrogens with zero attached hydrogens (tertiary/aromatic N) is 2. The number of benzene rings is 2. The summed E-state index contributed by atoms with van der Waals surface area (Å²) in [6.45, 7) is 12.3. The first-order chi connectivity index (χ1) is 18.6. The minimum atomic E-state index is -0.948. The van der Waals surface area contributed by atoms with E-state index in [-0.39, 0.29) is 12.3 Å². The zero-order valence-electron chi connectivity index (χ0n) is 24.4. The van der Waals surface area contributed by atoms with Gasteiger partial charge in [-0.3, -0.25) is 14.5 Å². The van der Waals surface area contributed by atoms with Crippen LogP contribution in [0.15, 0.2) is 48.5 Å². The van der Waals surface area contributed by atoms with E-state index in [0.717, 1.165) is 17.8 Å². The van der Waals surface area contributed by atoms with Crippen molar-refractivity contribution >= 4 is 35.3 Å². The van der Waals surface area contributed by atoms with E-state index in [1.54, 1.807) is 70.7 Å². The smallest absolute Gasteiger partial charge is 0.408 e. The quantitative estimate of drug-likeness (QED) is 0.499. The number of nitrogens with one attached hydrogen (secondary N) is 2. The molecule has 1 saturated heterocycles. The molecule has 3 rings (SSSR count). The van der Waals surface area contributed by atoms with E-state index >= 15 is 0 Å². The molecule has 3 amide bonds. The third-order valence-corrected chi connectivity index (χ3v) is 5.89. The highest BCUT2D eigenvalue weighted by atomic mass is 16.6. The number of carbonyl (C=O) groups is 4. The van der Waals surface area contributed by atoms with Crippen LogP contribution in [0.5, 0.6) is 0 Å². The first-order valence-corrected chi connectivity index (χ1v) is 13.3. The minimum Gasteiger partial charge on any atom is -0.456 e. The zero-order valence-corrected chi connectivity index (χ0v) is 24.4. The molecule has 1 aliphatic rings. The fraction of sp³-hybridized carbons (Fsp3) is 0.467. The maximum Gasteiger partial charge on any atom is 0.408 e. The maximum absolute atomic E-state index is 13.3. The first kappa shape index (κ1) is 30.6. The molecule has 1 heterocycles. The average Bonchev–Trinajstić information content (AvgIpc) is 2.82. The molecule has 1 fully saturated rings. The van der Waals surface area contributed by atoms with E-state index in [4.69, 9.17) is 9.47 Å². The second kappa shape index (κ2) is 12.5. The minimum absolute atomic E-state index is 0.0306. The second-order valence-electron chi connectivity index (χ2n) is 11.9. The van der Waals surface area contributed by atoms with E-state index in [1.165, 1.54) is 0 Å². The largest absolute Gasteiger partial charge is 0.456 e. The van der Waals surface area contributed by atoms with Gasteiger partial charge in [0.2, 0.25) is 11.8 Å². The van der Waals surface area contributed by atoms with Crippen molar-refractivity contribution in [2.24, 2.45) is 0 Å². The SMILES string of the molecule is CN1CCN(c2ccc(CC(NC(=O)OC(C)(C)C)C(=O)Nc3ccc(C(=O)OC(C)(C)C)cc3)cc2)C(=O)C1. The molecule has 10 nitrogen and oxygen atoms in total. The maximum atomic E-state index is 13.3. The monoisotopic (exact) mass is 552 g/mol. The molecule has 0 aliphatic carbocycles. The number of alkyl carbamates (subject to hydrolysis) is 1. The number of carbonyl (C=O) groups excluding carboxylic acids is 4. The van der Waals surface area contributed by atoms with Crippen molar-refractivity contribution in [2.45, 2.75) is 65.2 Å². The Morgan fingerprint density at radius 3 is 2.02 bits per heavy atom. The van der Waals surface area contributed by atoms with Crippen LogP contribution in [0.2, 0.25) is 0 Å². The van der Waals surface area contributed by atoms with E-state index in [2.05, 4.69) is 10.6 Å². The third-order valence-electron chi connectivity index (χ3n) is 5.89. The predicted octanol–water partition coefficient (Wildman–Crippen LogP) is 3.99. The van der Waals surface area contributed by atoms with Crippen molar-refractivity contribution in [3.63, 3.8) is 0 Å². The Hall–Kier alpha value is -3.92. The molecule has 40 heavy (non-hydrogen) atoms. The van der Waals surface area contributed by atoms with Gasteiger partial charge in [-0.15, -0.1) is 0 Å². The van der Waals surface area contributed by atoms with Gasteiger partial charge in [-0.05, 0) is 90.6 Å². The summed E-state index contributed by atoms with van der Waals surface area (Å²) >= 11 is 0. The Labute approximate surface area is 236 Å². The lowest BCUT2D eigenvalue weighted by molar-refractivity contribution is -0.121. The Bertz CT molecular complexity index is 1210. The van der Waals surface area contributed by atoms with Crippen molar-refractivity contribution in [3.8, 4) is 0 Å². The van der Waals surface area contributed by atoms with E-state index < -0.39 is 35.2 Å². The highest BCUT2D eigenvalue weighted by Gasteiger charge is 2.26. The summed E-state index contributed by atoms with van der Waals surface area (Å²) in [5, 5.41) is 5.47. The molecule has 216 valence electrons. The molecule has 2 aromatic carbocycles. The summed E-state index contributed by atoms with van der Waals surface area (Å²) in [7, 11) is 1.91. The van der Waals surface area contributed by atoms with Crippen LogP contribution in [-0.2, 0) is 25.5 Å². The molecular formula is C30H40N4O6. The summed E-state index contributed by atoms with van der Waals surface area (Å²) < 4.78 is 10.8. The highest BCUT2D eigenvalue weighted by Crippen LogP contribution is 2.20. The molecule has 1 atom stereocenters.